The van der Waals surface area contributed by atoms with Gasteiger partial charge in [0.05, 0.1) is 18.9 Å². The van der Waals surface area contributed by atoms with Gasteiger partial charge in [0.15, 0.2) is 5.13 Å². The van der Waals surface area contributed by atoms with Crippen molar-refractivity contribution in [2.75, 3.05) is 25.1 Å². The summed E-state index contributed by atoms with van der Waals surface area (Å²) >= 11 is 1.54. The summed E-state index contributed by atoms with van der Waals surface area (Å²) < 4.78 is 5.40. The number of nitrogens with zero attached hydrogens (tertiary/aromatic N) is 1. The summed E-state index contributed by atoms with van der Waals surface area (Å²) in [6.45, 7) is 4.17. The maximum absolute atomic E-state index is 12.3. The highest BCUT2D eigenvalue weighted by molar-refractivity contribution is 7.16. The number of benzene rings is 1. The van der Waals surface area contributed by atoms with Crippen molar-refractivity contribution in [2.24, 2.45) is 0 Å². The summed E-state index contributed by atoms with van der Waals surface area (Å²) in [5.41, 5.74) is 5.04. The van der Waals surface area contributed by atoms with Crippen molar-refractivity contribution in [3.8, 4) is 11.3 Å². The third-order valence-corrected chi connectivity index (χ3v) is 5.73. The topological polar surface area (TPSA) is 63.2 Å². The van der Waals surface area contributed by atoms with E-state index in [0.717, 1.165) is 29.1 Å². The van der Waals surface area contributed by atoms with Crippen LogP contribution in [0.2, 0.25) is 0 Å². The number of halogens is 1. The lowest BCUT2D eigenvalue weighted by Crippen LogP contribution is -2.43. The number of morpholine rings is 1. The van der Waals surface area contributed by atoms with Gasteiger partial charge in [-0.2, -0.15) is 0 Å². The van der Waals surface area contributed by atoms with Gasteiger partial charge in [-0.15, -0.1) is 23.7 Å². The molecule has 1 unspecified atom stereocenters. The molecule has 4 rings (SSSR count). The summed E-state index contributed by atoms with van der Waals surface area (Å²) in [6, 6.07) is 6.73. The Morgan fingerprint density at radius 1 is 1.38 bits per heavy atom. The second-order valence-electron chi connectivity index (χ2n) is 6.74. The van der Waals surface area contributed by atoms with Gasteiger partial charge in [-0.25, -0.2) is 4.98 Å². The number of aromatic nitrogens is 1. The fourth-order valence-electron chi connectivity index (χ4n) is 3.58. The van der Waals surface area contributed by atoms with Crippen LogP contribution in [0.4, 0.5) is 5.13 Å². The van der Waals surface area contributed by atoms with Crippen LogP contribution in [0.15, 0.2) is 18.2 Å². The Hall–Kier alpha value is -1.47. The van der Waals surface area contributed by atoms with Gasteiger partial charge in [0.25, 0.3) is 0 Å². The monoisotopic (exact) mass is 393 g/mol. The van der Waals surface area contributed by atoms with Crippen molar-refractivity contribution in [1.82, 2.24) is 10.3 Å². The zero-order chi connectivity index (χ0) is 17.2. The van der Waals surface area contributed by atoms with Crippen LogP contribution >= 0.6 is 23.7 Å². The number of thiazole rings is 1. The molecule has 2 N–H and O–H groups in total. The quantitative estimate of drug-likeness (QED) is 0.836. The summed E-state index contributed by atoms with van der Waals surface area (Å²) in [6.07, 6.45) is 4.00. The van der Waals surface area contributed by atoms with E-state index in [-0.39, 0.29) is 24.4 Å². The lowest BCUT2D eigenvalue weighted by Gasteiger charge is -2.22. The normalized spacial score (nSPS) is 18.9. The number of nitrogens with one attached hydrogen (secondary N) is 2. The van der Waals surface area contributed by atoms with Crippen LogP contribution in [0.1, 0.15) is 28.8 Å². The molecule has 1 aromatic carbocycles. The minimum absolute atomic E-state index is 0. The van der Waals surface area contributed by atoms with Crippen molar-refractivity contribution in [3.63, 3.8) is 0 Å². The largest absolute Gasteiger partial charge is 0.378 e. The molecule has 1 saturated heterocycles. The second-order valence-corrected chi connectivity index (χ2v) is 7.94. The van der Waals surface area contributed by atoms with E-state index in [9.17, 15) is 4.79 Å². The molecule has 7 heteroatoms. The molecule has 2 aliphatic rings. The van der Waals surface area contributed by atoms with E-state index >= 15 is 0 Å². The zero-order valence-corrected chi connectivity index (χ0v) is 16.5. The van der Waals surface area contributed by atoms with E-state index in [2.05, 4.69) is 40.7 Å². The van der Waals surface area contributed by atoms with Crippen LogP contribution in [0.3, 0.4) is 0 Å². The van der Waals surface area contributed by atoms with E-state index in [1.54, 1.807) is 0 Å². The number of fused-ring (bicyclic) bond motifs is 1. The Morgan fingerprint density at radius 2 is 2.23 bits per heavy atom. The highest BCUT2D eigenvalue weighted by atomic mass is 35.5. The average molecular weight is 394 g/mol. The standard InChI is InChI=1S/C19H23N3O2S.ClH/c1-12-18(15-6-5-13-3-2-4-14(13)9-15)22-19(25-12)21-17(23)10-16-11-24-8-7-20-16;/h5-6,9,16,20H,2-4,7-8,10-11H2,1H3,(H,21,22,23);1H. The molecule has 0 bridgehead atoms. The third kappa shape index (κ3) is 4.26. The van der Waals surface area contributed by atoms with Crippen molar-refractivity contribution in [2.45, 2.75) is 38.6 Å². The Labute approximate surface area is 164 Å². The summed E-state index contributed by atoms with van der Waals surface area (Å²) in [5.74, 6) is -0.0164. The number of rotatable bonds is 4. The molecule has 140 valence electrons. The molecular formula is C19H24ClN3O2S. The van der Waals surface area contributed by atoms with Gasteiger partial charge >= 0.3 is 0 Å². The molecule has 0 radical (unpaired) electrons. The fourth-order valence-corrected chi connectivity index (χ4v) is 4.43. The lowest BCUT2D eigenvalue weighted by atomic mass is 10.0. The van der Waals surface area contributed by atoms with E-state index in [4.69, 9.17) is 4.74 Å². The molecular weight excluding hydrogens is 370 g/mol. The summed E-state index contributed by atoms with van der Waals surface area (Å²) in [5, 5.41) is 6.92. The van der Waals surface area contributed by atoms with Crippen LogP contribution in [0.5, 0.6) is 0 Å². The predicted molar refractivity (Wildman–Crippen MR) is 107 cm³/mol. The Morgan fingerprint density at radius 3 is 3.04 bits per heavy atom. The van der Waals surface area contributed by atoms with E-state index in [0.29, 0.717) is 24.8 Å². The van der Waals surface area contributed by atoms with Crippen LogP contribution in [-0.2, 0) is 22.4 Å². The first-order valence-corrected chi connectivity index (χ1v) is 9.71. The minimum Gasteiger partial charge on any atom is -0.378 e. The van der Waals surface area contributed by atoms with Gasteiger partial charge in [0.2, 0.25) is 5.91 Å². The maximum Gasteiger partial charge on any atom is 0.227 e. The third-order valence-electron chi connectivity index (χ3n) is 4.85. The van der Waals surface area contributed by atoms with Gasteiger partial charge in [-0.05, 0) is 43.4 Å². The van der Waals surface area contributed by atoms with Crippen LogP contribution in [0, 0.1) is 6.92 Å². The number of hydrogen-bond acceptors (Lipinski definition) is 5. The number of aryl methyl sites for hydroxylation is 3. The first-order valence-electron chi connectivity index (χ1n) is 8.89. The number of ether oxygens (including phenoxy) is 1. The molecule has 2 aromatic rings. The summed E-state index contributed by atoms with van der Waals surface area (Å²) in [4.78, 5) is 18.1. The van der Waals surface area contributed by atoms with Gasteiger partial charge in [-0.3, -0.25) is 4.79 Å². The molecule has 1 amide bonds. The van der Waals surface area contributed by atoms with Crippen LogP contribution in [-0.4, -0.2) is 36.7 Å². The van der Waals surface area contributed by atoms with Crippen molar-refractivity contribution >= 4 is 34.8 Å². The average Bonchev–Trinajstić information content (AvgIpc) is 3.21. The Bertz CT molecular complexity index is 787. The van der Waals surface area contributed by atoms with Gasteiger partial charge in [0.1, 0.15) is 0 Å². The van der Waals surface area contributed by atoms with Crippen LogP contribution < -0.4 is 10.6 Å². The number of anilines is 1. The lowest BCUT2D eigenvalue weighted by molar-refractivity contribution is -0.117. The van der Waals surface area contributed by atoms with Crippen molar-refractivity contribution in [3.05, 3.63) is 34.2 Å². The zero-order valence-electron chi connectivity index (χ0n) is 14.8. The highest BCUT2D eigenvalue weighted by Gasteiger charge is 2.19. The smallest absolute Gasteiger partial charge is 0.227 e. The molecule has 2 heterocycles. The SMILES string of the molecule is Cc1sc(NC(=O)CC2COCCN2)nc1-c1ccc2c(c1)CCC2.Cl. The number of carbonyl (C=O) groups is 1. The van der Waals surface area contributed by atoms with Crippen molar-refractivity contribution in [1.29, 1.82) is 0 Å². The van der Waals surface area contributed by atoms with E-state index < -0.39 is 0 Å². The molecule has 0 spiro atoms. The molecule has 1 fully saturated rings. The molecule has 26 heavy (non-hydrogen) atoms. The summed E-state index contributed by atoms with van der Waals surface area (Å²) in [7, 11) is 0. The molecule has 0 saturated carbocycles. The molecule has 1 aliphatic heterocycles. The van der Waals surface area contributed by atoms with E-state index in [1.165, 1.54) is 35.3 Å². The van der Waals surface area contributed by atoms with Gasteiger partial charge in [-0.1, -0.05) is 12.1 Å². The Balaban J connectivity index is 0.00000196. The number of hydrogen-bond donors (Lipinski definition) is 2. The Kier molecular flexibility index (Phi) is 6.29. The van der Waals surface area contributed by atoms with Crippen LogP contribution in [0.25, 0.3) is 11.3 Å². The fraction of sp³-hybridized carbons (Fsp3) is 0.474. The molecule has 1 aliphatic carbocycles. The van der Waals surface area contributed by atoms with Crippen molar-refractivity contribution < 1.29 is 9.53 Å². The highest BCUT2D eigenvalue weighted by Crippen LogP contribution is 2.33. The maximum atomic E-state index is 12.3. The second kappa shape index (κ2) is 8.48. The first-order chi connectivity index (χ1) is 12.2. The molecule has 5 nitrogen and oxygen atoms in total. The minimum atomic E-state index is -0.0164. The van der Waals surface area contributed by atoms with E-state index in [1.807, 2.05) is 0 Å². The van der Waals surface area contributed by atoms with Gasteiger partial charge in [0, 0.05) is 29.4 Å². The number of carbonyl (C=O) groups excluding carboxylic acids is 1. The first kappa shape index (κ1) is 19.3. The molecule has 1 atom stereocenters. The molecule has 1 aromatic heterocycles. The van der Waals surface area contributed by atoms with Gasteiger partial charge < -0.3 is 15.4 Å². The predicted octanol–water partition coefficient (Wildman–Crippen LogP) is 3.35. The number of amides is 1.